The van der Waals surface area contributed by atoms with E-state index in [0.717, 1.165) is 16.5 Å². The topological polar surface area (TPSA) is 52.7 Å². The van der Waals surface area contributed by atoms with Gasteiger partial charge in [-0.2, -0.15) is 5.10 Å². The van der Waals surface area contributed by atoms with Crippen molar-refractivity contribution in [2.24, 2.45) is 7.05 Å². The van der Waals surface area contributed by atoms with Crippen molar-refractivity contribution in [2.45, 2.75) is 11.7 Å². The van der Waals surface area contributed by atoms with Gasteiger partial charge in [0, 0.05) is 29.9 Å². The fourth-order valence-electron chi connectivity index (χ4n) is 2.56. The van der Waals surface area contributed by atoms with Crippen LogP contribution in [0.15, 0.2) is 34.2 Å². The Labute approximate surface area is 129 Å². The first kappa shape index (κ1) is 12.9. The molecule has 1 aliphatic rings. The van der Waals surface area contributed by atoms with Crippen molar-refractivity contribution in [3.8, 4) is 11.3 Å². The minimum atomic E-state index is -0.0157. The highest BCUT2D eigenvalue weighted by Crippen LogP contribution is 2.29. The lowest BCUT2D eigenvalue weighted by atomic mass is 10.1. The first-order valence-electron chi connectivity index (χ1n) is 6.51. The Morgan fingerprint density at radius 2 is 2.05 bits per heavy atom. The van der Waals surface area contributed by atoms with Crippen LogP contribution in [0.4, 0.5) is 0 Å². The van der Waals surface area contributed by atoms with Crippen molar-refractivity contribution >= 4 is 34.4 Å². The molecule has 0 amide bonds. The molecule has 0 saturated carbocycles. The molecule has 3 aromatic rings. The molecule has 5 nitrogen and oxygen atoms in total. The second-order valence-electron chi connectivity index (χ2n) is 4.88. The summed E-state index contributed by atoms with van der Waals surface area (Å²) >= 11 is 7.53. The van der Waals surface area contributed by atoms with E-state index >= 15 is 0 Å². The Morgan fingerprint density at radius 1 is 1.29 bits per heavy atom. The molecule has 0 saturated heterocycles. The lowest BCUT2D eigenvalue weighted by molar-refractivity contribution is 0.662. The molecular weight excluding hydrogens is 308 g/mol. The molecule has 7 heteroatoms. The van der Waals surface area contributed by atoms with E-state index < -0.39 is 0 Å². The van der Waals surface area contributed by atoms with Gasteiger partial charge in [-0.15, -0.1) is 0 Å². The van der Waals surface area contributed by atoms with E-state index in [1.807, 2.05) is 19.2 Å². The van der Waals surface area contributed by atoms with Gasteiger partial charge in [-0.3, -0.25) is 9.36 Å². The van der Waals surface area contributed by atoms with Gasteiger partial charge in [-0.25, -0.2) is 9.67 Å². The first-order chi connectivity index (χ1) is 10.1. The van der Waals surface area contributed by atoms with Gasteiger partial charge < -0.3 is 0 Å². The Kier molecular flexibility index (Phi) is 2.83. The molecule has 106 valence electrons. The molecule has 0 aliphatic carbocycles. The SMILES string of the molecule is Cn1nc(-c2ccc(Cl)cc2)c2c(=O)n3c(nc21)SCC3. The van der Waals surface area contributed by atoms with Crippen molar-refractivity contribution in [3.63, 3.8) is 0 Å². The molecular formula is C14H11ClN4OS. The van der Waals surface area contributed by atoms with Gasteiger partial charge in [0.15, 0.2) is 10.8 Å². The minimum absolute atomic E-state index is 0.0157. The average Bonchev–Trinajstić information content (AvgIpc) is 3.06. The summed E-state index contributed by atoms with van der Waals surface area (Å²) in [6.45, 7) is 0.705. The zero-order chi connectivity index (χ0) is 14.6. The smallest absolute Gasteiger partial charge is 0.266 e. The summed E-state index contributed by atoms with van der Waals surface area (Å²) in [7, 11) is 1.81. The van der Waals surface area contributed by atoms with Gasteiger partial charge in [0.1, 0.15) is 11.1 Å². The zero-order valence-corrected chi connectivity index (χ0v) is 12.8. The Balaban J connectivity index is 2.07. The van der Waals surface area contributed by atoms with Gasteiger partial charge in [0.25, 0.3) is 5.56 Å². The Bertz CT molecular complexity index is 913. The van der Waals surface area contributed by atoms with Crippen LogP contribution in [-0.2, 0) is 13.6 Å². The molecule has 4 rings (SSSR count). The predicted octanol–water partition coefficient (Wildman–Crippen LogP) is 2.56. The van der Waals surface area contributed by atoms with Gasteiger partial charge in [0.05, 0.1) is 0 Å². The molecule has 0 spiro atoms. The van der Waals surface area contributed by atoms with Crippen molar-refractivity contribution in [2.75, 3.05) is 5.75 Å². The third-order valence-electron chi connectivity index (χ3n) is 3.57. The molecule has 1 aromatic carbocycles. The Hall–Kier alpha value is -1.79. The molecule has 0 unspecified atom stereocenters. The van der Waals surface area contributed by atoms with Crippen LogP contribution in [0.25, 0.3) is 22.3 Å². The summed E-state index contributed by atoms with van der Waals surface area (Å²) in [6, 6.07) is 7.34. The second kappa shape index (κ2) is 4.61. The van der Waals surface area contributed by atoms with Gasteiger partial charge >= 0.3 is 0 Å². The lowest BCUT2D eigenvalue weighted by Gasteiger charge is -2.02. The lowest BCUT2D eigenvalue weighted by Crippen LogP contribution is -2.20. The number of benzene rings is 1. The number of aryl methyl sites for hydroxylation is 1. The van der Waals surface area contributed by atoms with Crippen molar-refractivity contribution in [1.82, 2.24) is 19.3 Å². The molecule has 0 N–H and O–H groups in total. The van der Waals surface area contributed by atoms with Gasteiger partial charge in [-0.05, 0) is 12.1 Å². The maximum atomic E-state index is 12.7. The molecule has 0 radical (unpaired) electrons. The molecule has 0 atom stereocenters. The number of halogens is 1. The van der Waals surface area contributed by atoms with Crippen LogP contribution < -0.4 is 5.56 Å². The number of hydrogen-bond donors (Lipinski definition) is 0. The standard InChI is InChI=1S/C14H11ClN4OS/c1-18-12-10(13(20)19-6-7-21-14(19)16-12)11(17-18)8-2-4-9(15)5-3-8/h2-5H,6-7H2,1H3. The third kappa shape index (κ3) is 1.90. The number of hydrogen-bond acceptors (Lipinski definition) is 4. The predicted molar refractivity (Wildman–Crippen MR) is 83.9 cm³/mol. The maximum Gasteiger partial charge on any atom is 0.266 e. The van der Waals surface area contributed by atoms with Crippen molar-refractivity contribution in [1.29, 1.82) is 0 Å². The van der Waals surface area contributed by atoms with Gasteiger partial charge in [-0.1, -0.05) is 35.5 Å². The number of aromatic nitrogens is 4. The molecule has 0 bridgehead atoms. The van der Waals surface area contributed by atoms with Crippen LogP contribution in [0, 0.1) is 0 Å². The van der Waals surface area contributed by atoms with Crippen LogP contribution in [0.3, 0.4) is 0 Å². The summed E-state index contributed by atoms with van der Waals surface area (Å²) < 4.78 is 3.40. The Morgan fingerprint density at radius 3 is 2.81 bits per heavy atom. The van der Waals surface area contributed by atoms with E-state index in [1.165, 1.54) is 0 Å². The number of thioether (sulfide) groups is 1. The molecule has 2 aromatic heterocycles. The molecule has 0 fully saturated rings. The van der Waals surface area contributed by atoms with E-state index in [9.17, 15) is 4.79 Å². The summed E-state index contributed by atoms with van der Waals surface area (Å²) in [5.74, 6) is 0.891. The van der Waals surface area contributed by atoms with E-state index in [4.69, 9.17) is 11.6 Å². The average molecular weight is 319 g/mol. The highest BCUT2D eigenvalue weighted by Gasteiger charge is 2.22. The van der Waals surface area contributed by atoms with Crippen LogP contribution in [0.1, 0.15) is 0 Å². The van der Waals surface area contributed by atoms with Crippen LogP contribution >= 0.6 is 23.4 Å². The first-order valence-corrected chi connectivity index (χ1v) is 7.88. The van der Waals surface area contributed by atoms with Crippen LogP contribution in [-0.4, -0.2) is 25.1 Å². The second-order valence-corrected chi connectivity index (χ2v) is 6.38. The number of nitrogens with zero attached hydrogens (tertiary/aromatic N) is 4. The van der Waals surface area contributed by atoms with E-state index in [-0.39, 0.29) is 5.56 Å². The quantitative estimate of drug-likeness (QED) is 0.647. The normalized spacial score (nSPS) is 13.8. The zero-order valence-electron chi connectivity index (χ0n) is 11.2. The molecule has 3 heterocycles. The van der Waals surface area contributed by atoms with E-state index in [1.54, 1.807) is 33.1 Å². The van der Waals surface area contributed by atoms with E-state index in [2.05, 4.69) is 10.1 Å². The summed E-state index contributed by atoms with van der Waals surface area (Å²) in [6.07, 6.45) is 0. The monoisotopic (exact) mass is 318 g/mol. The van der Waals surface area contributed by atoms with Crippen LogP contribution in [0.2, 0.25) is 5.02 Å². The van der Waals surface area contributed by atoms with Crippen LogP contribution in [0.5, 0.6) is 0 Å². The molecule has 21 heavy (non-hydrogen) atoms. The fourth-order valence-corrected chi connectivity index (χ4v) is 3.62. The summed E-state index contributed by atoms with van der Waals surface area (Å²) in [5.41, 5.74) is 2.15. The number of rotatable bonds is 1. The summed E-state index contributed by atoms with van der Waals surface area (Å²) in [5, 5.41) is 6.49. The highest BCUT2D eigenvalue weighted by molar-refractivity contribution is 7.99. The largest absolute Gasteiger partial charge is 0.286 e. The third-order valence-corrected chi connectivity index (χ3v) is 4.78. The number of fused-ring (bicyclic) bond motifs is 2. The summed E-state index contributed by atoms with van der Waals surface area (Å²) in [4.78, 5) is 17.3. The molecule has 1 aliphatic heterocycles. The maximum absolute atomic E-state index is 12.7. The van der Waals surface area contributed by atoms with Crippen molar-refractivity contribution in [3.05, 3.63) is 39.6 Å². The van der Waals surface area contributed by atoms with Gasteiger partial charge in [0.2, 0.25) is 0 Å². The highest BCUT2D eigenvalue weighted by atomic mass is 35.5. The minimum Gasteiger partial charge on any atom is -0.286 e. The van der Waals surface area contributed by atoms with E-state index in [0.29, 0.717) is 28.3 Å². The fraction of sp³-hybridized carbons (Fsp3) is 0.214. The van der Waals surface area contributed by atoms with Crippen molar-refractivity contribution < 1.29 is 0 Å².